The maximum Gasteiger partial charge on any atom is 0.253 e. The molecule has 0 spiro atoms. The van der Waals surface area contributed by atoms with Gasteiger partial charge in [-0.15, -0.1) is 17.2 Å². The summed E-state index contributed by atoms with van der Waals surface area (Å²) in [5, 5.41) is 1.80. The highest BCUT2D eigenvalue weighted by Gasteiger charge is 2.20. The molecule has 1 aromatic carbocycles. The minimum Gasteiger partial charge on any atom is -0.230 e. The van der Waals surface area contributed by atoms with Gasteiger partial charge in [0.15, 0.2) is 0 Å². The lowest BCUT2D eigenvalue weighted by molar-refractivity contribution is 0.200. The Morgan fingerprint density at radius 3 is 2.33 bits per heavy atom. The summed E-state index contributed by atoms with van der Waals surface area (Å²) >= 11 is 0. The first-order valence-corrected chi connectivity index (χ1v) is 7.41. The average molecular weight is 291 g/mol. The Morgan fingerprint density at radius 1 is 1.11 bits per heavy atom. The highest BCUT2D eigenvalue weighted by atomic mass is 35.5. The Morgan fingerprint density at radius 2 is 1.72 bits per heavy atom. The summed E-state index contributed by atoms with van der Waals surface area (Å²) in [5.74, 6) is 0. The minimum absolute atomic E-state index is 0. The van der Waals surface area contributed by atoms with E-state index in [1.165, 1.54) is 6.42 Å². The third-order valence-electron chi connectivity index (χ3n) is 2.99. The lowest BCUT2D eigenvalue weighted by Gasteiger charge is -2.26. The van der Waals surface area contributed by atoms with E-state index < -0.39 is 10.0 Å². The first-order chi connectivity index (χ1) is 8.09. The molecule has 1 aliphatic rings. The quantitative estimate of drug-likeness (QED) is 0.927. The number of benzene rings is 1. The van der Waals surface area contributed by atoms with Gasteiger partial charge in [0.2, 0.25) is 0 Å². The van der Waals surface area contributed by atoms with Crippen molar-refractivity contribution in [2.75, 3.05) is 13.1 Å². The molecule has 0 unspecified atom stereocenters. The van der Waals surface area contributed by atoms with Gasteiger partial charge in [-0.25, -0.2) is 13.4 Å². The molecule has 4 nitrogen and oxygen atoms in total. The van der Waals surface area contributed by atoms with Crippen molar-refractivity contribution in [3.63, 3.8) is 0 Å². The number of hydrazine groups is 1. The van der Waals surface area contributed by atoms with E-state index in [-0.39, 0.29) is 12.4 Å². The molecule has 1 aromatic rings. The van der Waals surface area contributed by atoms with Gasteiger partial charge in [-0.2, -0.15) is 0 Å². The smallest absolute Gasteiger partial charge is 0.230 e. The van der Waals surface area contributed by atoms with E-state index in [0.717, 1.165) is 31.5 Å². The summed E-state index contributed by atoms with van der Waals surface area (Å²) in [6, 6.07) is 7.04. The summed E-state index contributed by atoms with van der Waals surface area (Å²) in [6.45, 7) is 3.40. The van der Waals surface area contributed by atoms with E-state index in [1.807, 2.05) is 19.1 Å². The number of nitrogens with one attached hydrogen (secondary N) is 1. The van der Waals surface area contributed by atoms with E-state index in [0.29, 0.717) is 4.90 Å². The molecule has 0 atom stereocenters. The van der Waals surface area contributed by atoms with Gasteiger partial charge in [0.1, 0.15) is 0 Å². The van der Waals surface area contributed by atoms with Crippen LogP contribution in [-0.2, 0) is 10.0 Å². The standard InChI is InChI=1S/C12H18N2O2S.ClH/c1-11-7-3-4-8-12(11)17(15,16)13-14-9-5-2-6-10-14;/h3-4,7-8,13H,2,5-6,9-10H2,1H3;1H. The van der Waals surface area contributed by atoms with Crippen LogP contribution in [-0.4, -0.2) is 26.5 Å². The summed E-state index contributed by atoms with van der Waals surface area (Å²) in [6.07, 6.45) is 3.29. The van der Waals surface area contributed by atoms with Crippen molar-refractivity contribution in [1.29, 1.82) is 0 Å². The van der Waals surface area contributed by atoms with Gasteiger partial charge in [-0.3, -0.25) is 0 Å². The molecule has 2 rings (SSSR count). The summed E-state index contributed by atoms with van der Waals surface area (Å²) in [4.78, 5) is 3.02. The Labute approximate surface area is 115 Å². The van der Waals surface area contributed by atoms with Gasteiger partial charge < -0.3 is 0 Å². The molecule has 1 aliphatic heterocycles. The van der Waals surface area contributed by atoms with Crippen LogP contribution in [0.2, 0.25) is 0 Å². The maximum atomic E-state index is 12.2. The zero-order valence-electron chi connectivity index (χ0n) is 10.4. The van der Waals surface area contributed by atoms with E-state index in [1.54, 1.807) is 17.1 Å². The zero-order chi connectivity index (χ0) is 12.3. The summed E-state index contributed by atoms with van der Waals surface area (Å²) in [5.41, 5.74) is 0.775. The molecule has 0 aromatic heterocycles. The SMILES string of the molecule is Cc1ccccc1S(=O)(=O)NN1CCCCC1.Cl. The number of rotatable bonds is 3. The number of halogens is 1. The van der Waals surface area contributed by atoms with Crippen molar-refractivity contribution in [2.24, 2.45) is 0 Å². The van der Waals surface area contributed by atoms with Gasteiger partial charge in [0, 0.05) is 13.1 Å². The summed E-state index contributed by atoms with van der Waals surface area (Å²) in [7, 11) is -3.41. The Balaban J connectivity index is 0.00000162. The normalized spacial score (nSPS) is 17.2. The van der Waals surface area contributed by atoms with Crippen LogP contribution in [0.25, 0.3) is 0 Å². The molecule has 0 amide bonds. The predicted molar refractivity (Wildman–Crippen MR) is 74.2 cm³/mol. The van der Waals surface area contributed by atoms with Gasteiger partial charge in [0.05, 0.1) is 4.90 Å². The number of aryl methyl sites for hydroxylation is 1. The fourth-order valence-corrected chi connectivity index (χ4v) is 3.43. The van der Waals surface area contributed by atoms with E-state index >= 15 is 0 Å². The first-order valence-electron chi connectivity index (χ1n) is 5.92. The number of hydrogen-bond acceptors (Lipinski definition) is 3. The predicted octanol–water partition coefficient (Wildman–Crippen LogP) is 2.10. The average Bonchev–Trinajstić information content (AvgIpc) is 2.30. The van der Waals surface area contributed by atoms with Crippen LogP contribution in [0.15, 0.2) is 29.2 Å². The van der Waals surface area contributed by atoms with E-state index in [2.05, 4.69) is 4.83 Å². The largest absolute Gasteiger partial charge is 0.253 e. The van der Waals surface area contributed by atoms with Gasteiger partial charge in [-0.1, -0.05) is 24.6 Å². The van der Waals surface area contributed by atoms with Crippen LogP contribution < -0.4 is 4.83 Å². The van der Waals surface area contributed by atoms with Gasteiger partial charge in [0.25, 0.3) is 10.0 Å². The van der Waals surface area contributed by atoms with Crippen LogP contribution >= 0.6 is 12.4 Å². The first kappa shape index (κ1) is 15.4. The molecule has 1 fully saturated rings. The van der Waals surface area contributed by atoms with Crippen molar-refractivity contribution in [3.05, 3.63) is 29.8 Å². The van der Waals surface area contributed by atoms with Crippen molar-refractivity contribution in [3.8, 4) is 0 Å². The fourth-order valence-electron chi connectivity index (χ4n) is 2.06. The molecule has 1 saturated heterocycles. The second-order valence-electron chi connectivity index (χ2n) is 4.41. The van der Waals surface area contributed by atoms with Gasteiger partial charge in [-0.05, 0) is 31.4 Å². The number of nitrogens with zero attached hydrogens (tertiary/aromatic N) is 1. The molecule has 0 radical (unpaired) electrons. The topological polar surface area (TPSA) is 49.4 Å². The van der Waals surface area contributed by atoms with Crippen LogP contribution in [0.5, 0.6) is 0 Å². The van der Waals surface area contributed by atoms with Crippen LogP contribution in [0, 0.1) is 6.92 Å². The molecule has 6 heteroatoms. The molecule has 0 saturated carbocycles. The van der Waals surface area contributed by atoms with Crippen molar-refractivity contribution in [2.45, 2.75) is 31.1 Å². The van der Waals surface area contributed by atoms with Crippen LogP contribution in [0.1, 0.15) is 24.8 Å². The number of sulfonamides is 1. The highest BCUT2D eigenvalue weighted by molar-refractivity contribution is 7.89. The highest BCUT2D eigenvalue weighted by Crippen LogP contribution is 2.15. The third-order valence-corrected chi connectivity index (χ3v) is 4.52. The molecule has 0 bridgehead atoms. The molecule has 1 heterocycles. The van der Waals surface area contributed by atoms with Crippen LogP contribution in [0.3, 0.4) is 0 Å². The van der Waals surface area contributed by atoms with E-state index in [9.17, 15) is 8.42 Å². The van der Waals surface area contributed by atoms with Crippen molar-refractivity contribution < 1.29 is 8.42 Å². The fraction of sp³-hybridized carbons (Fsp3) is 0.500. The van der Waals surface area contributed by atoms with Gasteiger partial charge >= 0.3 is 0 Å². The maximum absolute atomic E-state index is 12.2. The molecule has 102 valence electrons. The molecular formula is C12H19ClN2O2S. The summed E-state index contributed by atoms with van der Waals surface area (Å²) < 4.78 is 24.3. The number of piperidine rings is 1. The molecule has 18 heavy (non-hydrogen) atoms. The second kappa shape index (κ2) is 6.52. The third kappa shape index (κ3) is 3.68. The number of hydrogen-bond donors (Lipinski definition) is 1. The zero-order valence-corrected chi connectivity index (χ0v) is 12.1. The Kier molecular flexibility index (Phi) is 5.59. The van der Waals surface area contributed by atoms with E-state index in [4.69, 9.17) is 0 Å². The lowest BCUT2D eigenvalue weighted by Crippen LogP contribution is -2.45. The molecule has 1 N–H and O–H groups in total. The Bertz CT molecular complexity index is 485. The molecular weight excluding hydrogens is 272 g/mol. The minimum atomic E-state index is -3.41. The lowest BCUT2D eigenvalue weighted by atomic mass is 10.2. The monoisotopic (exact) mass is 290 g/mol. The second-order valence-corrected chi connectivity index (χ2v) is 6.04. The van der Waals surface area contributed by atoms with Crippen LogP contribution in [0.4, 0.5) is 0 Å². The Hall–Kier alpha value is -0.620. The van der Waals surface area contributed by atoms with Crippen molar-refractivity contribution in [1.82, 2.24) is 9.84 Å². The molecule has 0 aliphatic carbocycles. The van der Waals surface area contributed by atoms with Crippen molar-refractivity contribution >= 4 is 22.4 Å².